The maximum atomic E-state index is 13.3. The molecule has 0 radical (unpaired) electrons. The van der Waals surface area contributed by atoms with Crippen molar-refractivity contribution in [3.05, 3.63) is 51.9 Å². The summed E-state index contributed by atoms with van der Waals surface area (Å²) in [5, 5.41) is 12.0. The second-order valence-corrected chi connectivity index (χ2v) is 4.80. The van der Waals surface area contributed by atoms with Crippen molar-refractivity contribution in [3.63, 3.8) is 0 Å². The average Bonchev–Trinajstić information content (AvgIpc) is 2.49. The number of pyridine rings is 1. The smallest absolute Gasteiger partial charge is 0.343 e. The van der Waals surface area contributed by atoms with Crippen LogP contribution >= 0.6 is 11.6 Å². The lowest BCUT2D eigenvalue weighted by molar-refractivity contribution is 0.0601. The highest BCUT2D eigenvalue weighted by Gasteiger charge is 2.20. The Morgan fingerprint density at radius 3 is 2.77 bits per heavy atom. The van der Waals surface area contributed by atoms with Crippen LogP contribution in [0.15, 0.2) is 24.3 Å². The van der Waals surface area contributed by atoms with Crippen LogP contribution in [-0.4, -0.2) is 18.1 Å². The fourth-order valence-corrected chi connectivity index (χ4v) is 2.05. The molecule has 1 aromatic heterocycles. The van der Waals surface area contributed by atoms with Gasteiger partial charge < -0.3 is 10.1 Å². The minimum absolute atomic E-state index is 0.0311. The van der Waals surface area contributed by atoms with E-state index in [-0.39, 0.29) is 27.9 Å². The number of nitrogens with one attached hydrogen (secondary N) is 1. The zero-order valence-electron chi connectivity index (χ0n) is 11.8. The first-order valence-corrected chi connectivity index (χ1v) is 6.56. The monoisotopic (exact) mass is 319 g/mol. The number of esters is 1. The number of rotatable bonds is 3. The molecule has 0 unspecified atom stereocenters. The lowest BCUT2D eigenvalue weighted by atomic mass is 10.1. The molecular formula is C15H11ClFN3O2. The number of nitrogens with zero attached hydrogens (tertiary/aromatic N) is 2. The third-order valence-corrected chi connectivity index (χ3v) is 3.11. The number of carbonyl (C=O) groups is 1. The van der Waals surface area contributed by atoms with Crippen LogP contribution < -0.4 is 5.32 Å². The van der Waals surface area contributed by atoms with E-state index in [1.165, 1.54) is 25.3 Å². The van der Waals surface area contributed by atoms with Crippen molar-refractivity contribution in [1.82, 2.24) is 4.98 Å². The second-order valence-electron chi connectivity index (χ2n) is 4.41. The number of nitriles is 1. The van der Waals surface area contributed by atoms with Gasteiger partial charge in [-0.15, -0.1) is 0 Å². The van der Waals surface area contributed by atoms with Gasteiger partial charge in [-0.3, -0.25) is 0 Å². The molecule has 1 aromatic carbocycles. The van der Waals surface area contributed by atoms with Crippen molar-refractivity contribution in [2.24, 2.45) is 0 Å². The fraction of sp³-hybridized carbons (Fsp3) is 0.133. The first-order valence-electron chi connectivity index (χ1n) is 6.18. The van der Waals surface area contributed by atoms with Crippen LogP contribution in [0.1, 0.15) is 21.5 Å². The van der Waals surface area contributed by atoms with Crippen LogP contribution in [0.4, 0.5) is 15.9 Å². The number of benzene rings is 1. The van der Waals surface area contributed by atoms with Gasteiger partial charge in [0.05, 0.1) is 12.7 Å². The summed E-state index contributed by atoms with van der Waals surface area (Å²) < 4.78 is 18.0. The van der Waals surface area contributed by atoms with E-state index >= 15 is 0 Å². The molecule has 0 atom stereocenters. The standard InChI is InChI=1S/C15H11ClFN3O2/c1-8-5-10(3-4-11(8)17)19-14-13(15(21)22-2)9(7-18)6-12(16)20-14/h3-6H,1-2H3,(H,19,20). The van der Waals surface area contributed by atoms with E-state index in [2.05, 4.69) is 15.0 Å². The average molecular weight is 320 g/mol. The van der Waals surface area contributed by atoms with Gasteiger partial charge in [0.15, 0.2) is 0 Å². The topological polar surface area (TPSA) is 75.0 Å². The summed E-state index contributed by atoms with van der Waals surface area (Å²) >= 11 is 5.86. The van der Waals surface area contributed by atoms with Crippen molar-refractivity contribution in [2.45, 2.75) is 6.92 Å². The molecule has 0 spiro atoms. The molecule has 2 aromatic rings. The van der Waals surface area contributed by atoms with Gasteiger partial charge in [0.2, 0.25) is 0 Å². The van der Waals surface area contributed by atoms with E-state index < -0.39 is 5.97 Å². The van der Waals surface area contributed by atoms with E-state index in [0.29, 0.717) is 11.3 Å². The van der Waals surface area contributed by atoms with E-state index in [4.69, 9.17) is 16.9 Å². The number of methoxy groups -OCH3 is 1. The molecule has 1 heterocycles. The molecule has 0 amide bonds. The molecule has 2 rings (SSSR count). The van der Waals surface area contributed by atoms with Gasteiger partial charge in [-0.1, -0.05) is 11.6 Å². The Balaban J connectivity index is 2.54. The lowest BCUT2D eigenvalue weighted by Crippen LogP contribution is -2.10. The lowest BCUT2D eigenvalue weighted by Gasteiger charge is -2.12. The summed E-state index contributed by atoms with van der Waals surface area (Å²) in [7, 11) is 1.20. The Bertz CT molecular complexity index is 787. The summed E-state index contributed by atoms with van der Waals surface area (Å²) in [6.07, 6.45) is 0. The summed E-state index contributed by atoms with van der Waals surface area (Å²) in [6.45, 7) is 1.60. The van der Waals surface area contributed by atoms with Crippen molar-refractivity contribution >= 4 is 29.1 Å². The maximum absolute atomic E-state index is 13.3. The summed E-state index contributed by atoms with van der Waals surface area (Å²) in [6, 6.07) is 7.46. The van der Waals surface area contributed by atoms with Gasteiger partial charge in [0.25, 0.3) is 0 Å². The van der Waals surface area contributed by atoms with E-state index in [1.807, 2.05) is 6.07 Å². The van der Waals surface area contributed by atoms with Crippen molar-refractivity contribution in [3.8, 4) is 6.07 Å². The normalized spacial score (nSPS) is 9.95. The van der Waals surface area contributed by atoms with Crippen LogP contribution in [0.3, 0.4) is 0 Å². The highest BCUT2D eigenvalue weighted by molar-refractivity contribution is 6.29. The van der Waals surface area contributed by atoms with Gasteiger partial charge in [0.1, 0.15) is 28.4 Å². The molecular weight excluding hydrogens is 309 g/mol. The van der Waals surface area contributed by atoms with Gasteiger partial charge >= 0.3 is 5.97 Å². The van der Waals surface area contributed by atoms with Crippen LogP contribution in [0, 0.1) is 24.1 Å². The van der Waals surface area contributed by atoms with Crippen LogP contribution in [0.2, 0.25) is 5.15 Å². The number of aromatic nitrogens is 1. The molecule has 5 nitrogen and oxygen atoms in total. The van der Waals surface area contributed by atoms with E-state index in [1.54, 1.807) is 13.0 Å². The summed E-state index contributed by atoms with van der Waals surface area (Å²) in [4.78, 5) is 15.9. The number of aryl methyl sites for hydroxylation is 1. The second kappa shape index (κ2) is 6.41. The van der Waals surface area contributed by atoms with Crippen LogP contribution in [-0.2, 0) is 4.74 Å². The molecule has 0 aliphatic heterocycles. The molecule has 0 aliphatic rings. The minimum atomic E-state index is -0.720. The predicted molar refractivity (Wildman–Crippen MR) is 79.7 cm³/mol. The number of anilines is 2. The number of halogens is 2. The first kappa shape index (κ1) is 15.7. The Morgan fingerprint density at radius 2 is 2.18 bits per heavy atom. The van der Waals surface area contributed by atoms with Crippen LogP contribution in [0.5, 0.6) is 0 Å². The number of hydrogen-bond donors (Lipinski definition) is 1. The minimum Gasteiger partial charge on any atom is -0.465 e. The summed E-state index contributed by atoms with van der Waals surface area (Å²) in [5.41, 5.74) is 0.930. The molecule has 0 saturated carbocycles. The molecule has 0 bridgehead atoms. The Hall–Kier alpha value is -2.65. The van der Waals surface area contributed by atoms with Gasteiger partial charge in [-0.25, -0.2) is 14.2 Å². The molecule has 1 N–H and O–H groups in total. The quantitative estimate of drug-likeness (QED) is 0.691. The van der Waals surface area contributed by atoms with E-state index in [9.17, 15) is 9.18 Å². The largest absolute Gasteiger partial charge is 0.465 e. The Morgan fingerprint density at radius 1 is 1.45 bits per heavy atom. The van der Waals surface area contributed by atoms with Crippen LogP contribution in [0.25, 0.3) is 0 Å². The SMILES string of the molecule is COC(=O)c1c(C#N)cc(Cl)nc1Nc1ccc(F)c(C)c1. The molecule has 7 heteroatoms. The molecule has 22 heavy (non-hydrogen) atoms. The van der Waals surface area contributed by atoms with Crippen molar-refractivity contribution < 1.29 is 13.9 Å². The molecule has 0 aliphatic carbocycles. The maximum Gasteiger partial charge on any atom is 0.343 e. The van der Waals surface area contributed by atoms with Gasteiger partial charge in [-0.05, 0) is 36.8 Å². The summed E-state index contributed by atoms with van der Waals surface area (Å²) in [5.74, 6) is -1.00. The molecule has 0 saturated heterocycles. The third kappa shape index (κ3) is 3.15. The zero-order valence-corrected chi connectivity index (χ0v) is 12.5. The molecule has 0 fully saturated rings. The predicted octanol–water partition coefficient (Wildman–Crippen LogP) is 3.58. The highest BCUT2D eigenvalue weighted by Crippen LogP contribution is 2.26. The number of hydrogen-bond acceptors (Lipinski definition) is 5. The molecule has 112 valence electrons. The number of ether oxygens (including phenoxy) is 1. The third-order valence-electron chi connectivity index (χ3n) is 2.92. The zero-order chi connectivity index (χ0) is 16.3. The van der Waals surface area contributed by atoms with Crippen molar-refractivity contribution in [1.29, 1.82) is 5.26 Å². The van der Waals surface area contributed by atoms with E-state index in [0.717, 1.165) is 0 Å². The number of carbonyl (C=O) groups excluding carboxylic acids is 1. The van der Waals surface area contributed by atoms with Gasteiger partial charge in [-0.2, -0.15) is 5.26 Å². The van der Waals surface area contributed by atoms with Crippen molar-refractivity contribution in [2.75, 3.05) is 12.4 Å². The Labute approximate surface area is 131 Å². The Kier molecular flexibility index (Phi) is 4.59. The fourth-order valence-electron chi connectivity index (χ4n) is 1.86. The van der Waals surface area contributed by atoms with Gasteiger partial charge in [0, 0.05) is 5.69 Å². The highest BCUT2D eigenvalue weighted by atomic mass is 35.5. The first-order chi connectivity index (χ1) is 10.5.